The Morgan fingerprint density at radius 2 is 2.19 bits per heavy atom. The third-order valence-electron chi connectivity index (χ3n) is 3.08. The van der Waals surface area contributed by atoms with E-state index >= 15 is 0 Å². The van der Waals surface area contributed by atoms with Crippen molar-refractivity contribution in [1.29, 1.82) is 0 Å². The van der Waals surface area contributed by atoms with E-state index in [0.717, 1.165) is 19.6 Å². The highest BCUT2D eigenvalue weighted by molar-refractivity contribution is 5.78. The second-order valence-electron chi connectivity index (χ2n) is 4.00. The molecule has 0 spiro atoms. The molecule has 0 aromatic heterocycles. The number of likely N-dealkylation sites (N-methyl/N-ethyl adjacent to an activating group) is 1. The van der Waals surface area contributed by atoms with Crippen LogP contribution in [0.4, 0.5) is 0 Å². The number of nitrogens with zero attached hydrogens (tertiary/aromatic N) is 2. The molecule has 0 radical (unpaired) electrons. The highest BCUT2D eigenvalue weighted by atomic mass is 16.5. The van der Waals surface area contributed by atoms with E-state index in [1.165, 1.54) is 0 Å². The van der Waals surface area contributed by atoms with Gasteiger partial charge >= 0.3 is 0 Å². The van der Waals surface area contributed by atoms with Gasteiger partial charge in [0.2, 0.25) is 5.91 Å². The summed E-state index contributed by atoms with van der Waals surface area (Å²) in [5, 5.41) is 0. The summed E-state index contributed by atoms with van der Waals surface area (Å²) >= 11 is 0. The molecule has 1 rings (SSSR count). The van der Waals surface area contributed by atoms with Gasteiger partial charge in [0, 0.05) is 32.2 Å². The van der Waals surface area contributed by atoms with Crippen molar-refractivity contribution in [3.63, 3.8) is 0 Å². The van der Waals surface area contributed by atoms with E-state index in [4.69, 9.17) is 10.5 Å². The zero-order chi connectivity index (χ0) is 12.0. The van der Waals surface area contributed by atoms with Crippen LogP contribution in [-0.2, 0) is 9.53 Å². The number of carbonyl (C=O) groups is 1. The van der Waals surface area contributed by atoms with Crippen molar-refractivity contribution in [2.75, 3.05) is 45.9 Å². The molecule has 1 unspecified atom stereocenters. The Labute approximate surface area is 97.5 Å². The summed E-state index contributed by atoms with van der Waals surface area (Å²) < 4.78 is 5.35. The lowest BCUT2D eigenvalue weighted by Gasteiger charge is -2.35. The van der Waals surface area contributed by atoms with Gasteiger partial charge < -0.3 is 15.4 Å². The third-order valence-corrected chi connectivity index (χ3v) is 3.08. The lowest BCUT2D eigenvalue weighted by Crippen LogP contribution is -2.53. The fourth-order valence-corrected chi connectivity index (χ4v) is 1.96. The summed E-state index contributed by atoms with van der Waals surface area (Å²) in [6.45, 7) is 8.69. The molecule has 0 saturated carbocycles. The van der Waals surface area contributed by atoms with Crippen LogP contribution in [0.5, 0.6) is 0 Å². The molecule has 0 aromatic carbocycles. The van der Waals surface area contributed by atoms with Crippen molar-refractivity contribution in [3.8, 4) is 0 Å². The van der Waals surface area contributed by atoms with Gasteiger partial charge in [-0.1, -0.05) is 0 Å². The first kappa shape index (κ1) is 13.4. The normalized spacial score (nSPS) is 22.1. The molecule has 2 N–H and O–H groups in total. The van der Waals surface area contributed by atoms with Gasteiger partial charge in [-0.15, -0.1) is 0 Å². The van der Waals surface area contributed by atoms with Gasteiger partial charge in [0.05, 0.1) is 19.8 Å². The van der Waals surface area contributed by atoms with Crippen molar-refractivity contribution in [2.24, 2.45) is 5.73 Å². The number of morpholine rings is 1. The predicted molar refractivity (Wildman–Crippen MR) is 63.2 cm³/mol. The summed E-state index contributed by atoms with van der Waals surface area (Å²) in [7, 11) is 0. The zero-order valence-corrected chi connectivity index (χ0v) is 10.3. The van der Waals surface area contributed by atoms with Gasteiger partial charge in [-0.05, 0) is 13.8 Å². The van der Waals surface area contributed by atoms with E-state index in [9.17, 15) is 4.79 Å². The van der Waals surface area contributed by atoms with Crippen molar-refractivity contribution in [2.45, 2.75) is 19.9 Å². The average molecular weight is 229 g/mol. The molecule has 1 aliphatic heterocycles. The minimum atomic E-state index is 0.186. The highest BCUT2D eigenvalue weighted by Crippen LogP contribution is 2.06. The molecule has 1 fully saturated rings. The number of hydrogen-bond donors (Lipinski definition) is 1. The van der Waals surface area contributed by atoms with Crippen LogP contribution in [-0.4, -0.2) is 67.7 Å². The van der Waals surface area contributed by atoms with E-state index < -0.39 is 0 Å². The van der Waals surface area contributed by atoms with Gasteiger partial charge in [-0.3, -0.25) is 9.69 Å². The predicted octanol–water partition coefficient (Wildman–Crippen LogP) is -0.486. The lowest BCUT2D eigenvalue weighted by molar-refractivity contribution is -0.134. The van der Waals surface area contributed by atoms with Crippen LogP contribution in [0.3, 0.4) is 0 Å². The van der Waals surface area contributed by atoms with Gasteiger partial charge in [0.1, 0.15) is 0 Å². The quantitative estimate of drug-likeness (QED) is 0.691. The Morgan fingerprint density at radius 3 is 2.75 bits per heavy atom. The van der Waals surface area contributed by atoms with E-state index in [1.807, 2.05) is 18.7 Å². The maximum atomic E-state index is 11.9. The Morgan fingerprint density at radius 1 is 1.50 bits per heavy atom. The van der Waals surface area contributed by atoms with E-state index in [0.29, 0.717) is 26.3 Å². The van der Waals surface area contributed by atoms with Crippen LogP contribution < -0.4 is 5.73 Å². The van der Waals surface area contributed by atoms with Gasteiger partial charge in [0.25, 0.3) is 0 Å². The molecule has 1 aliphatic rings. The van der Waals surface area contributed by atoms with Crippen LogP contribution in [0.15, 0.2) is 0 Å². The number of nitrogens with two attached hydrogens (primary N) is 1. The largest absolute Gasteiger partial charge is 0.378 e. The molecule has 1 atom stereocenters. The van der Waals surface area contributed by atoms with E-state index in [2.05, 4.69) is 4.90 Å². The van der Waals surface area contributed by atoms with Crippen molar-refractivity contribution >= 4 is 5.91 Å². The average Bonchev–Trinajstić information content (AvgIpc) is 2.31. The zero-order valence-electron chi connectivity index (χ0n) is 10.3. The van der Waals surface area contributed by atoms with E-state index in [-0.39, 0.29) is 11.9 Å². The second kappa shape index (κ2) is 6.83. The SMILES string of the molecule is CCN(CC)C(=O)CN1CCOCC1CN. The number of rotatable bonds is 5. The van der Waals surface area contributed by atoms with Crippen LogP contribution >= 0.6 is 0 Å². The first-order chi connectivity index (χ1) is 7.72. The Balaban J connectivity index is 2.47. The number of amides is 1. The van der Waals surface area contributed by atoms with Gasteiger partial charge in [0.15, 0.2) is 0 Å². The smallest absolute Gasteiger partial charge is 0.236 e. The van der Waals surface area contributed by atoms with Crippen LogP contribution in [0.2, 0.25) is 0 Å². The molecule has 0 aliphatic carbocycles. The standard InChI is InChI=1S/C11H23N3O2/c1-3-13(4-2)11(15)8-14-5-6-16-9-10(14)7-12/h10H,3-9,12H2,1-2H3. The topological polar surface area (TPSA) is 58.8 Å². The van der Waals surface area contributed by atoms with Gasteiger partial charge in [-0.25, -0.2) is 0 Å². The number of ether oxygens (including phenoxy) is 1. The Kier molecular flexibility index (Phi) is 5.73. The first-order valence-electron chi connectivity index (χ1n) is 6.02. The maximum absolute atomic E-state index is 11.9. The van der Waals surface area contributed by atoms with Crippen molar-refractivity contribution < 1.29 is 9.53 Å². The van der Waals surface area contributed by atoms with Gasteiger partial charge in [-0.2, -0.15) is 0 Å². The van der Waals surface area contributed by atoms with E-state index in [1.54, 1.807) is 0 Å². The summed E-state index contributed by atoms with van der Waals surface area (Å²) in [4.78, 5) is 15.9. The molecule has 0 aromatic rings. The van der Waals surface area contributed by atoms with Crippen LogP contribution in [0.1, 0.15) is 13.8 Å². The first-order valence-corrected chi connectivity index (χ1v) is 6.02. The Hall–Kier alpha value is -0.650. The molecule has 5 nitrogen and oxygen atoms in total. The molecule has 94 valence electrons. The minimum absolute atomic E-state index is 0.186. The highest BCUT2D eigenvalue weighted by Gasteiger charge is 2.24. The van der Waals surface area contributed by atoms with Crippen LogP contribution in [0, 0.1) is 0 Å². The molecule has 0 bridgehead atoms. The summed E-state index contributed by atoms with van der Waals surface area (Å²) in [5.74, 6) is 0.186. The fraction of sp³-hybridized carbons (Fsp3) is 0.909. The Bertz CT molecular complexity index is 219. The minimum Gasteiger partial charge on any atom is -0.378 e. The molecular weight excluding hydrogens is 206 g/mol. The number of hydrogen-bond acceptors (Lipinski definition) is 4. The fourth-order valence-electron chi connectivity index (χ4n) is 1.96. The molecule has 1 heterocycles. The lowest BCUT2D eigenvalue weighted by atomic mass is 10.2. The van der Waals surface area contributed by atoms with Crippen molar-refractivity contribution in [1.82, 2.24) is 9.80 Å². The monoisotopic (exact) mass is 229 g/mol. The molecule has 16 heavy (non-hydrogen) atoms. The molecule has 1 saturated heterocycles. The molecular formula is C11H23N3O2. The second-order valence-corrected chi connectivity index (χ2v) is 4.00. The number of carbonyl (C=O) groups excluding carboxylic acids is 1. The molecule has 1 amide bonds. The third kappa shape index (κ3) is 3.43. The maximum Gasteiger partial charge on any atom is 0.236 e. The van der Waals surface area contributed by atoms with Crippen molar-refractivity contribution in [3.05, 3.63) is 0 Å². The van der Waals surface area contributed by atoms with Crippen LogP contribution in [0.25, 0.3) is 0 Å². The summed E-state index contributed by atoms with van der Waals surface area (Å²) in [6, 6.07) is 0.188. The summed E-state index contributed by atoms with van der Waals surface area (Å²) in [6.07, 6.45) is 0. The molecule has 5 heteroatoms. The summed E-state index contributed by atoms with van der Waals surface area (Å²) in [5.41, 5.74) is 5.66.